The summed E-state index contributed by atoms with van der Waals surface area (Å²) in [5.41, 5.74) is 0.841. The maximum atomic E-state index is 12.3. The average molecular weight is 366 g/mol. The predicted molar refractivity (Wildman–Crippen MR) is 90.8 cm³/mol. The largest absolute Gasteiger partial charge is 0.461 e. The van der Waals surface area contributed by atoms with E-state index in [1.807, 2.05) is 0 Å². The van der Waals surface area contributed by atoms with Gasteiger partial charge in [0.2, 0.25) is 5.82 Å². The van der Waals surface area contributed by atoms with Gasteiger partial charge in [0, 0.05) is 0 Å². The van der Waals surface area contributed by atoms with Crippen molar-refractivity contribution < 1.29 is 23.1 Å². The monoisotopic (exact) mass is 366 g/mol. The SMILES string of the molecule is O=C(Nc1ccccc1-c1nc(-c2ccco2)no1)c1ccc([N+](=O)[O-])o1. The molecule has 27 heavy (non-hydrogen) atoms. The highest BCUT2D eigenvalue weighted by Crippen LogP contribution is 2.29. The summed E-state index contributed by atoms with van der Waals surface area (Å²) in [6.45, 7) is 0. The molecule has 1 amide bonds. The number of para-hydroxylation sites is 1. The number of furan rings is 2. The number of amides is 1. The average Bonchev–Trinajstić information content (AvgIpc) is 3.42. The first kappa shape index (κ1) is 16.3. The lowest BCUT2D eigenvalue weighted by molar-refractivity contribution is -0.402. The summed E-state index contributed by atoms with van der Waals surface area (Å²) in [5, 5.41) is 17.1. The Bertz CT molecular complexity index is 1110. The summed E-state index contributed by atoms with van der Waals surface area (Å²) in [7, 11) is 0. The van der Waals surface area contributed by atoms with Crippen molar-refractivity contribution in [2.24, 2.45) is 0 Å². The zero-order valence-corrected chi connectivity index (χ0v) is 13.5. The number of hydrogen-bond acceptors (Lipinski definition) is 8. The number of carbonyl (C=O) groups excluding carboxylic acids is 1. The third-order valence-electron chi connectivity index (χ3n) is 3.57. The Labute approximate surface area is 150 Å². The van der Waals surface area contributed by atoms with Crippen molar-refractivity contribution in [1.29, 1.82) is 0 Å². The number of carbonyl (C=O) groups is 1. The lowest BCUT2D eigenvalue weighted by Gasteiger charge is -2.06. The second-order valence-corrected chi connectivity index (χ2v) is 5.30. The third kappa shape index (κ3) is 3.18. The molecular weight excluding hydrogens is 356 g/mol. The zero-order chi connectivity index (χ0) is 18.8. The molecule has 0 saturated carbocycles. The van der Waals surface area contributed by atoms with E-state index in [1.165, 1.54) is 12.3 Å². The van der Waals surface area contributed by atoms with E-state index < -0.39 is 16.7 Å². The number of nitro groups is 1. The molecule has 4 aromatic rings. The van der Waals surface area contributed by atoms with Gasteiger partial charge < -0.3 is 18.7 Å². The van der Waals surface area contributed by atoms with E-state index in [9.17, 15) is 14.9 Å². The molecule has 0 saturated heterocycles. The lowest BCUT2D eigenvalue weighted by Crippen LogP contribution is -2.11. The predicted octanol–water partition coefficient (Wildman–Crippen LogP) is 3.75. The highest BCUT2D eigenvalue weighted by Gasteiger charge is 2.20. The Morgan fingerprint density at radius 2 is 1.96 bits per heavy atom. The van der Waals surface area contributed by atoms with Crippen LogP contribution in [0.3, 0.4) is 0 Å². The molecule has 1 aromatic carbocycles. The van der Waals surface area contributed by atoms with Gasteiger partial charge in [-0.3, -0.25) is 14.9 Å². The quantitative estimate of drug-likeness (QED) is 0.416. The molecule has 10 nitrogen and oxygen atoms in total. The zero-order valence-electron chi connectivity index (χ0n) is 13.5. The molecule has 10 heteroatoms. The van der Waals surface area contributed by atoms with Crippen LogP contribution in [-0.2, 0) is 0 Å². The summed E-state index contributed by atoms with van der Waals surface area (Å²) in [5.74, 6) is -0.497. The number of aromatic nitrogens is 2. The first-order chi connectivity index (χ1) is 13.1. The molecular formula is C17H10N4O6. The van der Waals surface area contributed by atoms with Crippen LogP contribution >= 0.6 is 0 Å². The minimum atomic E-state index is -0.723. The first-order valence-electron chi connectivity index (χ1n) is 7.64. The molecule has 0 aliphatic rings. The van der Waals surface area contributed by atoms with Crippen LogP contribution < -0.4 is 5.32 Å². The number of benzene rings is 1. The lowest BCUT2D eigenvalue weighted by atomic mass is 10.1. The third-order valence-corrected chi connectivity index (χ3v) is 3.57. The molecule has 0 aliphatic heterocycles. The Balaban J connectivity index is 1.61. The van der Waals surface area contributed by atoms with E-state index in [4.69, 9.17) is 13.4 Å². The Kier molecular flexibility index (Phi) is 3.97. The highest BCUT2D eigenvalue weighted by molar-refractivity contribution is 6.04. The van der Waals surface area contributed by atoms with Crippen LogP contribution in [0.15, 0.2) is 68.2 Å². The van der Waals surface area contributed by atoms with Gasteiger partial charge in [-0.25, -0.2) is 0 Å². The normalized spacial score (nSPS) is 10.7. The number of hydrogen-bond donors (Lipinski definition) is 1. The fraction of sp³-hybridized carbons (Fsp3) is 0. The molecule has 4 rings (SSSR count). The standard InChI is InChI=1S/C17H10N4O6/c22-16(13-7-8-14(26-13)21(23)24)18-11-5-2-1-4-10(11)17-19-15(20-27-17)12-6-3-9-25-12/h1-9H,(H,18,22). The Morgan fingerprint density at radius 3 is 2.70 bits per heavy atom. The van der Waals surface area contributed by atoms with Crippen LogP contribution in [0.25, 0.3) is 23.0 Å². The van der Waals surface area contributed by atoms with Gasteiger partial charge in [-0.1, -0.05) is 17.3 Å². The summed E-state index contributed by atoms with van der Waals surface area (Å²) in [4.78, 5) is 26.5. The Hall–Kier alpha value is -4.21. The van der Waals surface area contributed by atoms with Crippen LogP contribution in [0.2, 0.25) is 0 Å². The molecule has 0 unspecified atom stereocenters. The van der Waals surface area contributed by atoms with Gasteiger partial charge in [-0.15, -0.1) is 0 Å². The van der Waals surface area contributed by atoms with Crippen molar-refractivity contribution >= 4 is 17.5 Å². The summed E-state index contributed by atoms with van der Waals surface area (Å²) in [6, 6.07) is 12.5. The van der Waals surface area contributed by atoms with Gasteiger partial charge in [-0.2, -0.15) is 4.98 Å². The minimum absolute atomic E-state index is 0.169. The van der Waals surface area contributed by atoms with Gasteiger partial charge in [0.15, 0.2) is 11.5 Å². The van der Waals surface area contributed by atoms with Crippen LogP contribution in [0.4, 0.5) is 11.6 Å². The van der Waals surface area contributed by atoms with Crippen LogP contribution in [0, 0.1) is 10.1 Å². The van der Waals surface area contributed by atoms with Crippen LogP contribution in [-0.4, -0.2) is 21.0 Å². The second-order valence-electron chi connectivity index (χ2n) is 5.30. The van der Waals surface area contributed by atoms with Crippen molar-refractivity contribution in [2.75, 3.05) is 5.32 Å². The first-order valence-corrected chi connectivity index (χ1v) is 7.64. The number of anilines is 1. The van der Waals surface area contributed by atoms with Crippen molar-refractivity contribution in [2.45, 2.75) is 0 Å². The molecule has 0 fully saturated rings. The van der Waals surface area contributed by atoms with Crippen LogP contribution in [0.5, 0.6) is 0 Å². The molecule has 3 aromatic heterocycles. The van der Waals surface area contributed by atoms with Gasteiger partial charge in [0.25, 0.3) is 11.8 Å². The van der Waals surface area contributed by atoms with E-state index in [-0.39, 0.29) is 17.5 Å². The summed E-state index contributed by atoms with van der Waals surface area (Å²) in [6.07, 6.45) is 1.49. The van der Waals surface area contributed by atoms with Gasteiger partial charge in [0.1, 0.15) is 4.92 Å². The topological polar surface area (TPSA) is 137 Å². The molecule has 134 valence electrons. The fourth-order valence-electron chi connectivity index (χ4n) is 2.35. The number of rotatable bonds is 5. The molecule has 0 atom stereocenters. The van der Waals surface area contributed by atoms with E-state index in [0.29, 0.717) is 17.0 Å². The van der Waals surface area contributed by atoms with Crippen molar-refractivity contribution in [3.8, 4) is 23.0 Å². The van der Waals surface area contributed by atoms with Crippen LogP contribution in [0.1, 0.15) is 10.6 Å². The molecule has 1 N–H and O–H groups in total. The minimum Gasteiger partial charge on any atom is -0.461 e. The van der Waals surface area contributed by atoms with E-state index in [2.05, 4.69) is 15.5 Å². The fourth-order valence-corrected chi connectivity index (χ4v) is 2.35. The van der Waals surface area contributed by atoms with E-state index >= 15 is 0 Å². The summed E-state index contributed by atoms with van der Waals surface area (Å²) < 4.78 is 15.4. The molecule has 0 spiro atoms. The highest BCUT2D eigenvalue weighted by atomic mass is 16.6. The van der Waals surface area contributed by atoms with Gasteiger partial charge >= 0.3 is 5.88 Å². The smallest absolute Gasteiger partial charge is 0.433 e. The van der Waals surface area contributed by atoms with Gasteiger partial charge in [0.05, 0.1) is 23.6 Å². The Morgan fingerprint density at radius 1 is 1.11 bits per heavy atom. The summed E-state index contributed by atoms with van der Waals surface area (Å²) >= 11 is 0. The molecule has 0 bridgehead atoms. The number of nitrogens with one attached hydrogen (secondary N) is 1. The maximum Gasteiger partial charge on any atom is 0.433 e. The molecule has 3 heterocycles. The maximum absolute atomic E-state index is 12.3. The number of nitrogens with zero attached hydrogens (tertiary/aromatic N) is 3. The van der Waals surface area contributed by atoms with Crippen molar-refractivity contribution in [3.05, 3.63) is 70.7 Å². The van der Waals surface area contributed by atoms with E-state index in [0.717, 1.165) is 6.07 Å². The van der Waals surface area contributed by atoms with E-state index in [1.54, 1.807) is 36.4 Å². The molecule has 0 aliphatic carbocycles. The second kappa shape index (κ2) is 6.59. The molecule has 0 radical (unpaired) electrons. The van der Waals surface area contributed by atoms with Gasteiger partial charge in [-0.05, 0) is 30.3 Å². The van der Waals surface area contributed by atoms with Crippen molar-refractivity contribution in [3.63, 3.8) is 0 Å². The van der Waals surface area contributed by atoms with Crippen molar-refractivity contribution in [1.82, 2.24) is 10.1 Å².